The van der Waals surface area contributed by atoms with E-state index in [4.69, 9.17) is 14.2 Å². The van der Waals surface area contributed by atoms with E-state index in [1.807, 2.05) is 24.3 Å². The van der Waals surface area contributed by atoms with Crippen LogP contribution >= 0.6 is 0 Å². The van der Waals surface area contributed by atoms with Gasteiger partial charge in [0.1, 0.15) is 23.8 Å². The second-order valence-electron chi connectivity index (χ2n) is 11.7. The molecule has 0 fully saturated rings. The number of methoxy groups -OCH3 is 2. The minimum Gasteiger partial charge on any atom is -0.497 e. The summed E-state index contributed by atoms with van der Waals surface area (Å²) in [7, 11) is 2.82. The molecule has 2 amide bonds. The lowest BCUT2D eigenvalue weighted by Gasteiger charge is -2.21. The fourth-order valence-corrected chi connectivity index (χ4v) is 5.44. The predicted octanol–water partition coefficient (Wildman–Crippen LogP) is 7.52. The van der Waals surface area contributed by atoms with E-state index in [1.165, 1.54) is 55.6 Å². The summed E-state index contributed by atoms with van der Waals surface area (Å²) >= 11 is 0. The van der Waals surface area contributed by atoms with Crippen LogP contribution in [0.3, 0.4) is 0 Å². The number of aliphatic carboxylic acids is 1. The highest BCUT2D eigenvalue weighted by atomic mass is 19.4. The van der Waals surface area contributed by atoms with Crippen LogP contribution in [-0.2, 0) is 28.7 Å². The van der Waals surface area contributed by atoms with Crippen LogP contribution in [0.4, 0.5) is 18.9 Å². The highest BCUT2D eigenvalue weighted by Crippen LogP contribution is 2.35. The van der Waals surface area contributed by atoms with Crippen molar-refractivity contribution < 1.29 is 51.7 Å². The Hall–Kier alpha value is -6.63. The van der Waals surface area contributed by atoms with Crippen LogP contribution in [0.15, 0.2) is 115 Å². The third kappa shape index (κ3) is 9.79. The molecule has 0 bridgehead atoms. The maximum atomic E-state index is 13.6. The molecule has 0 aromatic heterocycles. The average molecular weight is 727 g/mol. The number of hydrogen-bond donors (Lipinski definition) is 2. The van der Waals surface area contributed by atoms with Crippen molar-refractivity contribution in [2.45, 2.75) is 19.1 Å². The maximum absolute atomic E-state index is 13.6. The number of hydrogen-bond acceptors (Lipinski definition) is 7. The number of ether oxygens (including phenoxy) is 3. The number of nitrogens with one attached hydrogen (secondary N) is 1. The molecule has 0 unspecified atom stereocenters. The second-order valence-corrected chi connectivity index (χ2v) is 11.7. The number of alkyl halides is 3. The van der Waals surface area contributed by atoms with Crippen molar-refractivity contribution in [3.05, 3.63) is 143 Å². The zero-order valence-electron chi connectivity index (χ0n) is 28.5. The van der Waals surface area contributed by atoms with Crippen molar-refractivity contribution in [2.24, 2.45) is 0 Å². The van der Waals surface area contributed by atoms with E-state index in [1.54, 1.807) is 43.5 Å². The van der Waals surface area contributed by atoms with Crippen LogP contribution in [0.25, 0.3) is 11.1 Å². The van der Waals surface area contributed by atoms with Crippen molar-refractivity contribution in [1.29, 1.82) is 0 Å². The summed E-state index contributed by atoms with van der Waals surface area (Å²) in [5, 5.41) is 12.0. The molecule has 0 saturated carbocycles. The van der Waals surface area contributed by atoms with Gasteiger partial charge in [-0.05, 0) is 83.4 Å². The van der Waals surface area contributed by atoms with Crippen molar-refractivity contribution in [3.8, 4) is 28.4 Å². The molecule has 5 aromatic carbocycles. The number of amides is 2. The first-order valence-electron chi connectivity index (χ1n) is 16.0. The molecule has 0 aliphatic rings. The Balaban J connectivity index is 1.20. The van der Waals surface area contributed by atoms with Gasteiger partial charge in [-0.15, -0.1) is 0 Å². The molecule has 0 atom stereocenters. The summed E-state index contributed by atoms with van der Waals surface area (Å²) in [6.45, 7) is -0.714. The van der Waals surface area contributed by atoms with Crippen LogP contribution < -0.4 is 19.5 Å². The normalized spacial score (nSPS) is 11.0. The van der Waals surface area contributed by atoms with Gasteiger partial charge in [-0.2, -0.15) is 13.2 Å². The van der Waals surface area contributed by atoms with Gasteiger partial charge in [0.05, 0.1) is 31.8 Å². The number of anilines is 1. The van der Waals surface area contributed by atoms with Gasteiger partial charge >= 0.3 is 18.1 Å². The summed E-state index contributed by atoms with van der Waals surface area (Å²) in [5.74, 6) is -2.24. The monoisotopic (exact) mass is 726 g/mol. The quantitative estimate of drug-likeness (QED) is 0.0942. The summed E-state index contributed by atoms with van der Waals surface area (Å²) in [4.78, 5) is 51.5. The Kier molecular flexibility index (Phi) is 11.8. The van der Waals surface area contributed by atoms with E-state index in [0.29, 0.717) is 16.9 Å². The molecule has 272 valence electrons. The zero-order valence-corrected chi connectivity index (χ0v) is 28.5. The lowest BCUT2D eigenvalue weighted by atomic mass is 10.0. The number of benzene rings is 5. The molecular formula is C40H33F3N2O8. The van der Waals surface area contributed by atoms with E-state index in [0.717, 1.165) is 22.1 Å². The van der Waals surface area contributed by atoms with Crippen LogP contribution in [-0.4, -0.2) is 54.5 Å². The smallest absolute Gasteiger partial charge is 0.416 e. The first-order valence-corrected chi connectivity index (χ1v) is 16.0. The van der Waals surface area contributed by atoms with Crippen molar-refractivity contribution in [3.63, 3.8) is 0 Å². The van der Waals surface area contributed by atoms with Gasteiger partial charge in [-0.3, -0.25) is 14.4 Å². The van der Waals surface area contributed by atoms with Gasteiger partial charge in [0, 0.05) is 23.4 Å². The fourth-order valence-electron chi connectivity index (χ4n) is 5.44. The molecular weight excluding hydrogens is 693 g/mol. The number of carbonyl (C=O) groups is 4. The van der Waals surface area contributed by atoms with Crippen molar-refractivity contribution >= 4 is 29.4 Å². The van der Waals surface area contributed by atoms with E-state index in [9.17, 15) is 37.5 Å². The molecule has 13 heteroatoms. The summed E-state index contributed by atoms with van der Waals surface area (Å²) < 4.78 is 56.5. The number of carboxylic acids is 1. The molecule has 10 nitrogen and oxygen atoms in total. The molecule has 0 aliphatic heterocycles. The highest BCUT2D eigenvalue weighted by Gasteiger charge is 2.34. The first kappa shape index (κ1) is 37.6. The predicted molar refractivity (Wildman–Crippen MR) is 189 cm³/mol. The minimum atomic E-state index is -4.70. The Labute approximate surface area is 302 Å². The van der Waals surface area contributed by atoms with Crippen LogP contribution in [0.1, 0.15) is 37.4 Å². The molecule has 0 aliphatic carbocycles. The number of para-hydroxylation sites is 1. The zero-order chi connectivity index (χ0) is 38.1. The number of rotatable bonds is 13. The number of nitrogens with zero attached hydrogens (tertiary/aromatic N) is 1. The molecule has 0 spiro atoms. The van der Waals surface area contributed by atoms with Gasteiger partial charge in [0.15, 0.2) is 0 Å². The van der Waals surface area contributed by atoms with Gasteiger partial charge in [0.25, 0.3) is 5.91 Å². The summed E-state index contributed by atoms with van der Waals surface area (Å²) in [5.41, 5.74) is 1.71. The largest absolute Gasteiger partial charge is 0.497 e. The number of halogens is 3. The minimum absolute atomic E-state index is 0.000470. The fraction of sp³-hybridized carbons (Fsp3) is 0.150. The van der Waals surface area contributed by atoms with Crippen LogP contribution in [0, 0.1) is 0 Å². The number of esters is 1. The molecule has 5 aromatic rings. The van der Waals surface area contributed by atoms with E-state index in [-0.39, 0.29) is 34.9 Å². The maximum Gasteiger partial charge on any atom is 0.416 e. The molecule has 53 heavy (non-hydrogen) atoms. The SMILES string of the molecule is COc1ccc(CC(=O)Nc2ccc(C(=O)N(CC(=O)O)Cc3ccc(OC(=O)c4ccc(-c5ccccc5OC)cc4)cc3)cc2)c(C(F)(F)F)c1. The van der Waals surface area contributed by atoms with E-state index in [2.05, 4.69) is 5.32 Å². The van der Waals surface area contributed by atoms with Crippen LogP contribution in [0.2, 0.25) is 0 Å². The van der Waals surface area contributed by atoms with Gasteiger partial charge in [0.2, 0.25) is 5.91 Å². The van der Waals surface area contributed by atoms with E-state index < -0.39 is 48.5 Å². The van der Waals surface area contributed by atoms with Crippen molar-refractivity contribution in [2.75, 3.05) is 26.1 Å². The van der Waals surface area contributed by atoms with Crippen molar-refractivity contribution in [1.82, 2.24) is 4.90 Å². The summed E-state index contributed by atoms with van der Waals surface area (Å²) in [6, 6.07) is 29.4. The first-order chi connectivity index (χ1) is 25.3. The topological polar surface area (TPSA) is 131 Å². The summed E-state index contributed by atoms with van der Waals surface area (Å²) in [6.07, 6.45) is -5.27. The lowest BCUT2D eigenvalue weighted by Crippen LogP contribution is -2.35. The second kappa shape index (κ2) is 16.6. The third-order valence-electron chi connectivity index (χ3n) is 8.05. The lowest BCUT2D eigenvalue weighted by molar-refractivity contribution is -0.139. The number of carboxylic acid groups (broad SMARTS) is 1. The molecule has 0 radical (unpaired) electrons. The third-order valence-corrected chi connectivity index (χ3v) is 8.05. The standard InChI is InChI=1S/C40H33F3N2O8/c1-51-32-20-15-29(34(22-32)40(41,42)43)21-36(46)44-30-16-13-27(14-17-30)38(49)45(24-37(47)48)23-25-7-18-31(19-8-25)53-39(50)28-11-9-26(10-12-28)33-5-3-4-6-35(33)52-2/h3-20,22H,21,23-24H2,1-2H3,(H,44,46)(H,47,48). The molecule has 0 heterocycles. The average Bonchev–Trinajstić information content (AvgIpc) is 3.15. The number of carbonyl (C=O) groups excluding carboxylic acids is 3. The van der Waals surface area contributed by atoms with Crippen LogP contribution in [0.5, 0.6) is 17.2 Å². The van der Waals surface area contributed by atoms with Gasteiger partial charge in [-0.25, -0.2) is 4.79 Å². The Morgan fingerprint density at radius 1 is 0.755 bits per heavy atom. The van der Waals surface area contributed by atoms with Gasteiger partial charge in [-0.1, -0.05) is 48.5 Å². The highest BCUT2D eigenvalue weighted by molar-refractivity contribution is 5.97. The van der Waals surface area contributed by atoms with E-state index >= 15 is 0 Å². The Morgan fingerprint density at radius 3 is 2.02 bits per heavy atom. The van der Waals surface area contributed by atoms with Gasteiger partial charge < -0.3 is 29.5 Å². The molecule has 2 N–H and O–H groups in total. The molecule has 0 saturated heterocycles. The Bertz CT molecular complexity index is 2100. The molecule has 5 rings (SSSR count). The Morgan fingerprint density at radius 2 is 1.40 bits per heavy atom.